The Bertz CT molecular complexity index is 549. The summed E-state index contributed by atoms with van der Waals surface area (Å²) in [7, 11) is -3.08. The quantitative estimate of drug-likeness (QED) is 0.743. The first-order valence-corrected chi connectivity index (χ1v) is 8.71. The Morgan fingerprint density at radius 3 is 2.75 bits per heavy atom. The number of hydrogen-bond donors (Lipinski definition) is 2. The van der Waals surface area contributed by atoms with Gasteiger partial charge in [-0.25, -0.2) is 13.1 Å². The van der Waals surface area contributed by atoms with Crippen LogP contribution in [0.4, 0.5) is 0 Å². The van der Waals surface area contributed by atoms with Gasteiger partial charge in [-0.15, -0.1) is 0 Å². The third kappa shape index (κ3) is 3.80. The highest BCUT2D eigenvalue weighted by Gasteiger charge is 2.35. The fourth-order valence-electron chi connectivity index (χ4n) is 2.07. The van der Waals surface area contributed by atoms with Crippen molar-refractivity contribution in [3.8, 4) is 0 Å². The van der Waals surface area contributed by atoms with Gasteiger partial charge in [0.1, 0.15) is 0 Å². The van der Waals surface area contributed by atoms with Crippen LogP contribution >= 0.6 is 0 Å². The molecule has 1 unspecified atom stereocenters. The van der Waals surface area contributed by atoms with E-state index in [0.717, 1.165) is 30.6 Å². The molecule has 2 rings (SSSR count). The minimum Gasteiger partial charge on any atom is -0.309 e. The second-order valence-electron chi connectivity index (χ2n) is 5.45. The predicted molar refractivity (Wildman–Crippen MR) is 78.9 cm³/mol. The summed E-state index contributed by atoms with van der Waals surface area (Å²) in [5, 5.41) is 7.47. The molecule has 1 aliphatic carbocycles. The molecule has 7 heteroatoms. The summed E-state index contributed by atoms with van der Waals surface area (Å²) in [6, 6.07) is 0.0906. The van der Waals surface area contributed by atoms with Gasteiger partial charge >= 0.3 is 0 Å². The molecule has 1 heterocycles. The smallest absolute Gasteiger partial charge is 0.214 e. The molecule has 0 bridgehead atoms. The maximum Gasteiger partial charge on any atom is 0.214 e. The van der Waals surface area contributed by atoms with Crippen LogP contribution in [0.5, 0.6) is 0 Å². The molecule has 1 fully saturated rings. The Labute approximate surface area is 121 Å². The van der Waals surface area contributed by atoms with Gasteiger partial charge in [-0.05, 0) is 33.6 Å². The summed E-state index contributed by atoms with van der Waals surface area (Å²) >= 11 is 0. The molecule has 0 aliphatic heterocycles. The predicted octanol–water partition coefficient (Wildman–Crippen LogP) is 0.771. The average Bonchev–Trinajstić information content (AvgIpc) is 3.20. The second kappa shape index (κ2) is 6.24. The van der Waals surface area contributed by atoms with Crippen LogP contribution in [0.25, 0.3) is 0 Å². The summed E-state index contributed by atoms with van der Waals surface area (Å²) in [6.45, 7) is 8.09. The van der Waals surface area contributed by atoms with E-state index in [9.17, 15) is 8.42 Å². The van der Waals surface area contributed by atoms with Gasteiger partial charge < -0.3 is 5.32 Å². The van der Waals surface area contributed by atoms with E-state index in [4.69, 9.17) is 0 Å². The highest BCUT2D eigenvalue weighted by Crippen LogP contribution is 2.27. The van der Waals surface area contributed by atoms with Crippen molar-refractivity contribution in [3.05, 3.63) is 17.5 Å². The highest BCUT2D eigenvalue weighted by molar-refractivity contribution is 7.90. The van der Waals surface area contributed by atoms with Crippen LogP contribution in [0.3, 0.4) is 0 Å². The largest absolute Gasteiger partial charge is 0.309 e. The molecule has 0 radical (unpaired) electrons. The molecule has 1 aliphatic rings. The third-order valence-corrected chi connectivity index (χ3v) is 5.62. The second-order valence-corrected chi connectivity index (χ2v) is 7.49. The molecule has 0 aromatic carbocycles. The van der Waals surface area contributed by atoms with E-state index < -0.39 is 10.0 Å². The summed E-state index contributed by atoms with van der Waals surface area (Å²) in [5.41, 5.74) is 2.31. The van der Waals surface area contributed by atoms with Crippen LogP contribution in [-0.4, -0.2) is 36.0 Å². The van der Waals surface area contributed by atoms with Gasteiger partial charge in [0.05, 0.1) is 11.4 Å². The van der Waals surface area contributed by atoms with E-state index in [1.54, 1.807) is 0 Å². The lowest BCUT2D eigenvalue weighted by molar-refractivity contribution is 0.522. The maximum absolute atomic E-state index is 11.7. The number of aryl methyl sites for hydroxylation is 1. The molecule has 20 heavy (non-hydrogen) atoms. The molecule has 6 nitrogen and oxygen atoms in total. The fourth-order valence-corrected chi connectivity index (χ4v) is 3.55. The Kier molecular flexibility index (Phi) is 4.82. The van der Waals surface area contributed by atoms with Gasteiger partial charge in [0.15, 0.2) is 0 Å². The maximum atomic E-state index is 11.7. The number of rotatable bonds is 8. The molecule has 114 valence electrons. The van der Waals surface area contributed by atoms with Crippen LogP contribution in [-0.2, 0) is 23.1 Å². The standard InChI is InChI=1S/C13H24N4O2S/c1-4-17-11(3)12(9-15-17)8-14-10(2)7-16-20(18,19)13-5-6-13/h9-10,13-14,16H,4-8H2,1-3H3. The van der Waals surface area contributed by atoms with E-state index in [1.165, 1.54) is 0 Å². The topological polar surface area (TPSA) is 76.0 Å². The van der Waals surface area contributed by atoms with Crippen LogP contribution in [0.1, 0.15) is 37.9 Å². The minimum absolute atomic E-state index is 0.0906. The van der Waals surface area contributed by atoms with E-state index in [0.29, 0.717) is 13.1 Å². The third-order valence-electron chi connectivity index (χ3n) is 3.70. The Morgan fingerprint density at radius 1 is 1.50 bits per heavy atom. The van der Waals surface area contributed by atoms with E-state index in [1.807, 2.05) is 24.7 Å². The molecule has 0 saturated heterocycles. The first-order valence-electron chi connectivity index (χ1n) is 7.17. The van der Waals surface area contributed by atoms with Crippen molar-refractivity contribution in [2.75, 3.05) is 6.54 Å². The number of nitrogens with zero attached hydrogens (tertiary/aromatic N) is 2. The summed E-state index contributed by atoms with van der Waals surface area (Å²) in [4.78, 5) is 0. The van der Waals surface area contributed by atoms with Crippen molar-refractivity contribution in [2.45, 2.75) is 58.0 Å². The van der Waals surface area contributed by atoms with Crippen LogP contribution in [0.15, 0.2) is 6.20 Å². The van der Waals surface area contributed by atoms with Crippen molar-refractivity contribution >= 4 is 10.0 Å². The summed E-state index contributed by atoms with van der Waals surface area (Å²) in [5.74, 6) is 0. The van der Waals surface area contributed by atoms with Crippen LogP contribution in [0, 0.1) is 6.92 Å². The van der Waals surface area contributed by atoms with Gasteiger partial charge in [-0.3, -0.25) is 4.68 Å². The normalized spacial score (nSPS) is 17.4. The van der Waals surface area contributed by atoms with Crippen molar-refractivity contribution in [1.29, 1.82) is 0 Å². The Balaban J connectivity index is 1.77. The summed E-state index contributed by atoms with van der Waals surface area (Å²) in [6.07, 6.45) is 3.46. The fraction of sp³-hybridized carbons (Fsp3) is 0.769. The van der Waals surface area contributed by atoms with E-state index >= 15 is 0 Å². The number of nitrogens with one attached hydrogen (secondary N) is 2. The van der Waals surface area contributed by atoms with Crippen molar-refractivity contribution in [1.82, 2.24) is 19.8 Å². The highest BCUT2D eigenvalue weighted by atomic mass is 32.2. The molecule has 1 aromatic heterocycles. The van der Waals surface area contributed by atoms with Crippen molar-refractivity contribution < 1.29 is 8.42 Å². The lowest BCUT2D eigenvalue weighted by atomic mass is 10.2. The number of hydrogen-bond acceptors (Lipinski definition) is 4. The number of aromatic nitrogens is 2. The Morgan fingerprint density at radius 2 is 2.20 bits per heavy atom. The SMILES string of the molecule is CCn1ncc(CNC(C)CNS(=O)(=O)C2CC2)c1C. The lowest BCUT2D eigenvalue weighted by Crippen LogP contribution is -2.39. The molecule has 0 spiro atoms. The zero-order valence-electron chi connectivity index (χ0n) is 12.4. The van der Waals surface area contributed by atoms with Gasteiger partial charge in [0, 0.05) is 36.9 Å². The molecule has 1 atom stereocenters. The molecule has 2 N–H and O–H groups in total. The first-order chi connectivity index (χ1) is 9.44. The van der Waals surface area contributed by atoms with Crippen molar-refractivity contribution in [3.63, 3.8) is 0 Å². The van der Waals surface area contributed by atoms with Gasteiger partial charge in [0.25, 0.3) is 0 Å². The molecular formula is C13H24N4O2S. The van der Waals surface area contributed by atoms with Crippen LogP contribution in [0.2, 0.25) is 0 Å². The molecule has 1 aromatic rings. The van der Waals surface area contributed by atoms with Gasteiger partial charge in [-0.1, -0.05) is 0 Å². The molecule has 0 amide bonds. The monoisotopic (exact) mass is 300 g/mol. The number of sulfonamides is 1. The average molecular weight is 300 g/mol. The van der Waals surface area contributed by atoms with Crippen LogP contribution < -0.4 is 10.0 Å². The summed E-state index contributed by atoms with van der Waals surface area (Å²) < 4.78 is 28.1. The zero-order chi connectivity index (χ0) is 14.8. The van der Waals surface area contributed by atoms with Crippen molar-refractivity contribution in [2.24, 2.45) is 0 Å². The molecular weight excluding hydrogens is 276 g/mol. The minimum atomic E-state index is -3.08. The van der Waals surface area contributed by atoms with Gasteiger partial charge in [-0.2, -0.15) is 5.10 Å². The first kappa shape index (κ1) is 15.5. The molecule has 1 saturated carbocycles. The van der Waals surface area contributed by atoms with Gasteiger partial charge in [0.2, 0.25) is 10.0 Å². The van der Waals surface area contributed by atoms with E-state index in [-0.39, 0.29) is 11.3 Å². The van der Waals surface area contributed by atoms with E-state index in [2.05, 4.69) is 22.1 Å². The zero-order valence-corrected chi connectivity index (χ0v) is 13.2. The Hall–Kier alpha value is -0.920. The lowest BCUT2D eigenvalue weighted by Gasteiger charge is -2.14.